The van der Waals surface area contributed by atoms with E-state index in [4.69, 9.17) is 9.47 Å². The third-order valence-electron chi connectivity index (χ3n) is 3.60. The molecular formula is C16H29N3O2. The van der Waals surface area contributed by atoms with Gasteiger partial charge in [0.25, 0.3) is 0 Å². The minimum atomic E-state index is 0.152. The number of hydrogen-bond donors (Lipinski definition) is 1. The molecule has 0 bridgehead atoms. The van der Waals surface area contributed by atoms with E-state index in [0.29, 0.717) is 0 Å². The fourth-order valence-electron chi connectivity index (χ4n) is 2.29. The Morgan fingerprint density at radius 1 is 1.10 bits per heavy atom. The van der Waals surface area contributed by atoms with Crippen LogP contribution in [0.1, 0.15) is 36.1 Å². The SMILES string of the molecule is COCCNCCCc1c(C)nc(CC(C)OC)nc1C. The van der Waals surface area contributed by atoms with E-state index in [0.717, 1.165) is 56.2 Å². The molecule has 1 atom stereocenters. The van der Waals surface area contributed by atoms with Crippen molar-refractivity contribution in [1.29, 1.82) is 0 Å². The van der Waals surface area contributed by atoms with Gasteiger partial charge in [-0.25, -0.2) is 9.97 Å². The van der Waals surface area contributed by atoms with Crippen molar-refractivity contribution in [3.8, 4) is 0 Å². The molecule has 5 nitrogen and oxygen atoms in total. The summed E-state index contributed by atoms with van der Waals surface area (Å²) in [6.07, 6.45) is 3.01. The first kappa shape index (κ1) is 18.0. The zero-order valence-corrected chi connectivity index (χ0v) is 14.0. The maximum Gasteiger partial charge on any atom is 0.131 e. The molecule has 5 heteroatoms. The molecule has 1 aromatic rings. The summed E-state index contributed by atoms with van der Waals surface area (Å²) in [6.45, 7) is 8.83. The largest absolute Gasteiger partial charge is 0.383 e. The highest BCUT2D eigenvalue weighted by atomic mass is 16.5. The maximum atomic E-state index is 5.28. The summed E-state index contributed by atoms with van der Waals surface area (Å²) in [6, 6.07) is 0. The fourth-order valence-corrected chi connectivity index (χ4v) is 2.29. The second-order valence-corrected chi connectivity index (χ2v) is 5.39. The smallest absolute Gasteiger partial charge is 0.131 e. The Labute approximate surface area is 128 Å². The van der Waals surface area contributed by atoms with Crippen LogP contribution >= 0.6 is 0 Å². The van der Waals surface area contributed by atoms with Crippen LogP contribution in [0.15, 0.2) is 0 Å². The molecule has 1 heterocycles. The molecule has 0 aliphatic heterocycles. The molecule has 0 saturated heterocycles. The van der Waals surface area contributed by atoms with Crippen molar-refractivity contribution in [3.63, 3.8) is 0 Å². The lowest BCUT2D eigenvalue weighted by Gasteiger charge is -2.13. The highest BCUT2D eigenvalue weighted by Gasteiger charge is 2.10. The lowest BCUT2D eigenvalue weighted by Crippen LogP contribution is -2.21. The van der Waals surface area contributed by atoms with Crippen LogP contribution in [0.2, 0.25) is 0 Å². The van der Waals surface area contributed by atoms with Gasteiger partial charge in [0.2, 0.25) is 0 Å². The normalized spacial score (nSPS) is 12.6. The number of nitrogens with one attached hydrogen (secondary N) is 1. The lowest BCUT2D eigenvalue weighted by atomic mass is 10.1. The third kappa shape index (κ3) is 6.50. The molecule has 1 rings (SSSR count). The molecule has 0 amide bonds. The highest BCUT2D eigenvalue weighted by molar-refractivity contribution is 5.24. The summed E-state index contributed by atoms with van der Waals surface area (Å²) in [5, 5.41) is 3.36. The Hall–Kier alpha value is -1.04. The molecule has 120 valence electrons. The summed E-state index contributed by atoms with van der Waals surface area (Å²) in [5.41, 5.74) is 3.47. The Morgan fingerprint density at radius 2 is 1.76 bits per heavy atom. The lowest BCUT2D eigenvalue weighted by molar-refractivity contribution is 0.117. The second-order valence-electron chi connectivity index (χ2n) is 5.39. The van der Waals surface area contributed by atoms with Crippen molar-refractivity contribution < 1.29 is 9.47 Å². The van der Waals surface area contributed by atoms with Crippen LogP contribution in [0.25, 0.3) is 0 Å². The standard InChI is InChI=1S/C16H29N3O2/c1-12(21-5)11-16-18-13(2)15(14(3)19-16)7-6-8-17-9-10-20-4/h12,17H,6-11H2,1-5H3. The van der Waals surface area contributed by atoms with Gasteiger partial charge in [-0.3, -0.25) is 0 Å². The molecule has 0 aliphatic carbocycles. The van der Waals surface area contributed by atoms with E-state index >= 15 is 0 Å². The number of rotatable bonds is 10. The minimum absolute atomic E-state index is 0.152. The first-order valence-electron chi connectivity index (χ1n) is 7.64. The molecule has 1 unspecified atom stereocenters. The van der Waals surface area contributed by atoms with Crippen LogP contribution in [0, 0.1) is 13.8 Å². The maximum absolute atomic E-state index is 5.28. The predicted molar refractivity (Wildman–Crippen MR) is 84.7 cm³/mol. The van der Waals surface area contributed by atoms with Gasteiger partial charge in [0.15, 0.2) is 0 Å². The zero-order valence-electron chi connectivity index (χ0n) is 14.0. The number of methoxy groups -OCH3 is 2. The predicted octanol–water partition coefficient (Wildman–Crippen LogP) is 1.84. The summed E-state index contributed by atoms with van der Waals surface area (Å²) < 4.78 is 10.3. The number of aromatic nitrogens is 2. The highest BCUT2D eigenvalue weighted by Crippen LogP contribution is 2.13. The first-order chi connectivity index (χ1) is 10.1. The summed E-state index contributed by atoms with van der Waals surface area (Å²) in [4.78, 5) is 9.24. The molecule has 1 aromatic heterocycles. The van der Waals surface area contributed by atoms with Gasteiger partial charge in [-0.1, -0.05) is 0 Å². The molecule has 0 saturated carbocycles. The summed E-state index contributed by atoms with van der Waals surface area (Å²) >= 11 is 0. The van der Waals surface area contributed by atoms with Crippen molar-refractivity contribution in [2.45, 2.75) is 46.1 Å². The fraction of sp³-hybridized carbons (Fsp3) is 0.750. The average molecular weight is 295 g/mol. The molecule has 21 heavy (non-hydrogen) atoms. The molecule has 0 fully saturated rings. The monoisotopic (exact) mass is 295 g/mol. The molecular weight excluding hydrogens is 266 g/mol. The van der Waals surface area contributed by atoms with Gasteiger partial charge in [-0.15, -0.1) is 0 Å². The van der Waals surface area contributed by atoms with Crippen molar-refractivity contribution >= 4 is 0 Å². The van der Waals surface area contributed by atoms with Crippen molar-refractivity contribution in [2.75, 3.05) is 33.9 Å². The van der Waals surface area contributed by atoms with Crippen LogP contribution in [0.4, 0.5) is 0 Å². The van der Waals surface area contributed by atoms with Gasteiger partial charge in [-0.2, -0.15) is 0 Å². The van der Waals surface area contributed by atoms with Crippen molar-refractivity contribution in [2.24, 2.45) is 0 Å². The first-order valence-corrected chi connectivity index (χ1v) is 7.64. The topological polar surface area (TPSA) is 56.3 Å². The summed E-state index contributed by atoms with van der Waals surface area (Å²) in [7, 11) is 3.44. The van der Waals surface area contributed by atoms with E-state index in [1.54, 1.807) is 14.2 Å². The van der Waals surface area contributed by atoms with Crippen LogP contribution in [-0.4, -0.2) is 50.0 Å². The molecule has 0 aliphatic rings. The molecule has 0 radical (unpaired) electrons. The van der Waals surface area contributed by atoms with E-state index in [-0.39, 0.29) is 6.10 Å². The minimum Gasteiger partial charge on any atom is -0.383 e. The van der Waals surface area contributed by atoms with Gasteiger partial charge in [0.05, 0.1) is 12.7 Å². The number of ether oxygens (including phenoxy) is 2. The Morgan fingerprint density at radius 3 is 2.33 bits per heavy atom. The van der Waals surface area contributed by atoms with E-state index < -0.39 is 0 Å². The van der Waals surface area contributed by atoms with E-state index in [2.05, 4.69) is 29.1 Å². The second kappa shape index (κ2) is 9.82. The Balaban J connectivity index is 2.51. The Kier molecular flexibility index (Phi) is 8.42. The van der Waals surface area contributed by atoms with E-state index in [9.17, 15) is 0 Å². The molecule has 0 spiro atoms. The van der Waals surface area contributed by atoms with Gasteiger partial charge < -0.3 is 14.8 Å². The van der Waals surface area contributed by atoms with Crippen molar-refractivity contribution in [1.82, 2.24) is 15.3 Å². The zero-order chi connectivity index (χ0) is 15.7. The van der Waals surface area contributed by atoms with Crippen LogP contribution in [0.3, 0.4) is 0 Å². The number of aryl methyl sites for hydroxylation is 2. The Bertz CT molecular complexity index is 401. The average Bonchev–Trinajstić information content (AvgIpc) is 2.44. The quantitative estimate of drug-likeness (QED) is 0.668. The van der Waals surface area contributed by atoms with E-state index in [1.807, 2.05) is 6.92 Å². The van der Waals surface area contributed by atoms with Crippen LogP contribution in [-0.2, 0) is 22.3 Å². The van der Waals surface area contributed by atoms with Gasteiger partial charge in [-0.05, 0) is 45.7 Å². The summed E-state index contributed by atoms with van der Waals surface area (Å²) in [5.74, 6) is 0.876. The van der Waals surface area contributed by atoms with Crippen LogP contribution in [0.5, 0.6) is 0 Å². The van der Waals surface area contributed by atoms with Gasteiger partial charge in [0, 0.05) is 38.6 Å². The number of hydrogen-bond acceptors (Lipinski definition) is 5. The van der Waals surface area contributed by atoms with Crippen molar-refractivity contribution in [3.05, 3.63) is 22.8 Å². The molecule has 1 N–H and O–H groups in total. The third-order valence-corrected chi connectivity index (χ3v) is 3.60. The van der Waals surface area contributed by atoms with Gasteiger partial charge >= 0.3 is 0 Å². The molecule has 0 aromatic carbocycles. The van der Waals surface area contributed by atoms with Crippen LogP contribution < -0.4 is 5.32 Å². The van der Waals surface area contributed by atoms with E-state index in [1.165, 1.54) is 5.56 Å². The number of nitrogens with zero attached hydrogens (tertiary/aromatic N) is 2. The van der Waals surface area contributed by atoms with Gasteiger partial charge in [0.1, 0.15) is 5.82 Å².